The Morgan fingerprint density at radius 2 is 1.04 bits per heavy atom. The maximum absolute atomic E-state index is 5.32. The fourth-order valence-corrected chi connectivity index (χ4v) is 7.52. The van der Waals surface area contributed by atoms with E-state index in [0.29, 0.717) is 5.95 Å². The van der Waals surface area contributed by atoms with Crippen molar-refractivity contribution < 1.29 is 0 Å². The SMILES string of the molecule is c1ccc(-c2nc(-n3c4ccccc4c4c5c(ccc43)-c3ccccc3N(c3ccccc3)c3ccccc3-5)nc3ccccc23)cc1. The van der Waals surface area contributed by atoms with Gasteiger partial charge < -0.3 is 4.90 Å². The molecule has 9 aromatic rings. The predicted molar refractivity (Wildman–Crippen MR) is 198 cm³/mol. The second-order valence-electron chi connectivity index (χ2n) is 12.2. The number of fused-ring (bicyclic) bond motifs is 10. The molecule has 0 bridgehead atoms. The summed E-state index contributed by atoms with van der Waals surface area (Å²) < 4.78 is 2.25. The first-order valence-corrected chi connectivity index (χ1v) is 16.3. The summed E-state index contributed by atoms with van der Waals surface area (Å²) in [6, 6.07) is 60.1. The summed E-state index contributed by atoms with van der Waals surface area (Å²) in [5.41, 5.74) is 13.3. The van der Waals surface area contributed by atoms with Gasteiger partial charge in [0.05, 0.1) is 33.6 Å². The normalized spacial score (nSPS) is 12.1. The fraction of sp³-hybridized carbons (Fsp3) is 0. The van der Waals surface area contributed by atoms with Crippen LogP contribution in [-0.4, -0.2) is 14.5 Å². The van der Waals surface area contributed by atoms with Crippen LogP contribution in [0.25, 0.3) is 72.2 Å². The summed E-state index contributed by atoms with van der Waals surface area (Å²) in [5, 5.41) is 3.40. The smallest absolute Gasteiger partial charge is 0.235 e. The van der Waals surface area contributed by atoms with Gasteiger partial charge in [0, 0.05) is 44.1 Å². The van der Waals surface area contributed by atoms with Gasteiger partial charge in [0.1, 0.15) is 0 Å². The van der Waals surface area contributed by atoms with Gasteiger partial charge in [-0.1, -0.05) is 127 Å². The first-order valence-electron chi connectivity index (χ1n) is 16.3. The third-order valence-corrected chi connectivity index (χ3v) is 9.54. The number of nitrogens with zero attached hydrogens (tertiary/aromatic N) is 4. The van der Waals surface area contributed by atoms with Gasteiger partial charge in [0.15, 0.2) is 0 Å². The molecule has 0 saturated carbocycles. The highest BCUT2D eigenvalue weighted by atomic mass is 15.2. The fourth-order valence-electron chi connectivity index (χ4n) is 7.52. The Labute approximate surface area is 277 Å². The molecule has 0 radical (unpaired) electrons. The molecule has 4 heteroatoms. The molecule has 0 aliphatic carbocycles. The van der Waals surface area contributed by atoms with Gasteiger partial charge in [-0.3, -0.25) is 4.57 Å². The monoisotopic (exact) mass is 612 g/mol. The van der Waals surface area contributed by atoms with Crippen LogP contribution >= 0.6 is 0 Å². The lowest BCUT2D eigenvalue weighted by Crippen LogP contribution is -2.10. The first-order chi connectivity index (χ1) is 23.8. The Morgan fingerprint density at radius 3 is 1.85 bits per heavy atom. The predicted octanol–water partition coefficient (Wildman–Crippen LogP) is 11.5. The molecule has 224 valence electrons. The van der Waals surface area contributed by atoms with Gasteiger partial charge in [0.25, 0.3) is 0 Å². The van der Waals surface area contributed by atoms with Crippen molar-refractivity contribution in [3.05, 3.63) is 170 Å². The molecule has 0 saturated heterocycles. The lowest BCUT2D eigenvalue weighted by molar-refractivity contribution is 1.01. The Balaban J connectivity index is 1.34. The summed E-state index contributed by atoms with van der Waals surface area (Å²) >= 11 is 0. The standard InChI is InChI=1S/C44H28N4/c1-3-15-29(16-4-1)43-33-20-7-11-23-36(33)45-44(46-43)48-39-26-14-10-22-35(39)42-40(48)28-27-32-31-19-8-12-24-37(31)47(30-17-5-2-6-18-30)38-25-13-9-21-34(38)41(32)42/h1-28H. The van der Waals surface area contributed by atoms with Gasteiger partial charge in [-0.25, -0.2) is 9.97 Å². The average molecular weight is 613 g/mol. The van der Waals surface area contributed by atoms with Crippen molar-refractivity contribution in [1.82, 2.24) is 14.5 Å². The van der Waals surface area contributed by atoms with E-state index in [1.807, 2.05) is 12.1 Å². The van der Waals surface area contributed by atoms with Crippen molar-refractivity contribution in [3.63, 3.8) is 0 Å². The van der Waals surface area contributed by atoms with Crippen molar-refractivity contribution in [1.29, 1.82) is 0 Å². The zero-order chi connectivity index (χ0) is 31.6. The molecule has 1 aliphatic heterocycles. The van der Waals surface area contributed by atoms with Gasteiger partial charge in [-0.2, -0.15) is 0 Å². The number of benzene rings is 7. The third-order valence-electron chi connectivity index (χ3n) is 9.54. The topological polar surface area (TPSA) is 34.0 Å². The molecular formula is C44H28N4. The molecule has 0 amide bonds. The summed E-state index contributed by atoms with van der Waals surface area (Å²) in [5.74, 6) is 0.659. The molecule has 3 heterocycles. The van der Waals surface area contributed by atoms with Gasteiger partial charge in [0.2, 0.25) is 5.95 Å². The minimum atomic E-state index is 0.659. The van der Waals surface area contributed by atoms with Crippen LogP contribution in [-0.2, 0) is 0 Å². The van der Waals surface area contributed by atoms with Crippen LogP contribution < -0.4 is 4.90 Å². The van der Waals surface area contributed by atoms with Crippen LogP contribution in [0.1, 0.15) is 0 Å². The van der Waals surface area contributed by atoms with Crippen molar-refractivity contribution in [3.8, 4) is 39.5 Å². The summed E-state index contributed by atoms with van der Waals surface area (Å²) in [7, 11) is 0. The second-order valence-corrected chi connectivity index (χ2v) is 12.2. The number of para-hydroxylation sites is 5. The Morgan fingerprint density at radius 1 is 0.417 bits per heavy atom. The molecule has 0 atom stereocenters. The largest absolute Gasteiger partial charge is 0.309 e. The highest BCUT2D eigenvalue weighted by molar-refractivity contribution is 6.21. The van der Waals surface area contributed by atoms with Crippen LogP contribution in [0.4, 0.5) is 17.1 Å². The number of anilines is 3. The summed E-state index contributed by atoms with van der Waals surface area (Å²) in [4.78, 5) is 12.9. The summed E-state index contributed by atoms with van der Waals surface area (Å²) in [6.07, 6.45) is 0. The van der Waals surface area contributed by atoms with Gasteiger partial charge in [-0.05, 0) is 48.0 Å². The van der Waals surface area contributed by atoms with Crippen LogP contribution in [0.3, 0.4) is 0 Å². The third kappa shape index (κ3) is 3.90. The molecule has 7 aromatic carbocycles. The van der Waals surface area contributed by atoms with Crippen LogP contribution in [0, 0.1) is 0 Å². The van der Waals surface area contributed by atoms with Crippen LogP contribution in [0.15, 0.2) is 170 Å². The van der Waals surface area contributed by atoms with Crippen LogP contribution in [0.2, 0.25) is 0 Å². The molecule has 0 unspecified atom stereocenters. The lowest BCUT2D eigenvalue weighted by Gasteiger charge is -2.27. The number of hydrogen-bond donors (Lipinski definition) is 0. The van der Waals surface area contributed by atoms with Crippen molar-refractivity contribution in [2.24, 2.45) is 0 Å². The van der Waals surface area contributed by atoms with E-state index in [4.69, 9.17) is 9.97 Å². The Bertz CT molecular complexity index is 2670. The van der Waals surface area contributed by atoms with Gasteiger partial charge in [-0.15, -0.1) is 0 Å². The maximum atomic E-state index is 5.32. The minimum absolute atomic E-state index is 0.659. The lowest BCUT2D eigenvalue weighted by atomic mass is 9.90. The zero-order valence-electron chi connectivity index (χ0n) is 26.0. The van der Waals surface area contributed by atoms with Crippen LogP contribution in [0.5, 0.6) is 0 Å². The molecule has 0 N–H and O–H groups in total. The van der Waals surface area contributed by atoms with E-state index in [-0.39, 0.29) is 0 Å². The van der Waals surface area contributed by atoms with Crippen molar-refractivity contribution >= 4 is 49.8 Å². The molecule has 10 rings (SSSR count). The minimum Gasteiger partial charge on any atom is -0.309 e. The molecule has 0 spiro atoms. The van der Waals surface area contributed by atoms with E-state index in [1.165, 1.54) is 33.0 Å². The molecular weight excluding hydrogens is 585 g/mol. The molecule has 2 aromatic heterocycles. The van der Waals surface area contributed by atoms with Crippen molar-refractivity contribution in [2.45, 2.75) is 0 Å². The van der Waals surface area contributed by atoms with E-state index in [0.717, 1.165) is 50.3 Å². The highest BCUT2D eigenvalue weighted by Crippen LogP contribution is 2.53. The number of aromatic nitrogens is 3. The van der Waals surface area contributed by atoms with E-state index < -0.39 is 0 Å². The summed E-state index contributed by atoms with van der Waals surface area (Å²) in [6.45, 7) is 0. The highest BCUT2D eigenvalue weighted by Gasteiger charge is 2.29. The Kier molecular flexibility index (Phi) is 5.84. The molecule has 1 aliphatic rings. The van der Waals surface area contributed by atoms with E-state index in [9.17, 15) is 0 Å². The van der Waals surface area contributed by atoms with Crippen molar-refractivity contribution in [2.75, 3.05) is 4.90 Å². The molecule has 4 nitrogen and oxygen atoms in total. The number of rotatable bonds is 3. The van der Waals surface area contributed by atoms with E-state index >= 15 is 0 Å². The quantitative estimate of drug-likeness (QED) is 0.199. The maximum Gasteiger partial charge on any atom is 0.235 e. The number of hydrogen-bond acceptors (Lipinski definition) is 3. The average Bonchev–Trinajstić information content (AvgIpc) is 3.43. The van der Waals surface area contributed by atoms with E-state index in [1.54, 1.807) is 0 Å². The van der Waals surface area contributed by atoms with Gasteiger partial charge >= 0.3 is 0 Å². The zero-order valence-corrected chi connectivity index (χ0v) is 26.0. The second kappa shape index (κ2) is 10.5. The Hall–Kier alpha value is -6.52. The first kappa shape index (κ1) is 26.7. The van der Waals surface area contributed by atoms with E-state index in [2.05, 4.69) is 167 Å². The molecule has 48 heavy (non-hydrogen) atoms. The molecule has 0 fully saturated rings.